The average molecular weight is 558 g/mol. The second-order valence-electron chi connectivity index (χ2n) is 7.09. The molecule has 0 aliphatic rings. The van der Waals surface area contributed by atoms with Gasteiger partial charge in [-0.3, -0.25) is 14.8 Å². The van der Waals surface area contributed by atoms with Gasteiger partial charge in [0.25, 0.3) is 0 Å². The van der Waals surface area contributed by atoms with Crippen molar-refractivity contribution < 1.29 is 4.74 Å². The van der Waals surface area contributed by atoms with E-state index in [0.29, 0.717) is 24.9 Å². The smallest absolute Gasteiger partial charge is 0.191 e. The molecule has 33 heavy (non-hydrogen) atoms. The molecule has 0 aliphatic heterocycles. The summed E-state index contributed by atoms with van der Waals surface area (Å²) in [5.74, 6) is 2.84. The summed E-state index contributed by atoms with van der Waals surface area (Å²) in [6.07, 6.45) is 3.75. The number of hydrogen-bond acceptors (Lipinski definition) is 5. The predicted octanol–water partition coefficient (Wildman–Crippen LogP) is 3.21. The lowest BCUT2D eigenvalue weighted by Crippen LogP contribution is -2.36. The van der Waals surface area contributed by atoms with Gasteiger partial charge in [-0.05, 0) is 41.5 Å². The van der Waals surface area contributed by atoms with Crippen molar-refractivity contribution in [2.75, 3.05) is 14.2 Å². The summed E-state index contributed by atoms with van der Waals surface area (Å²) in [6.45, 7) is 1.84. The lowest BCUT2D eigenvalue weighted by Gasteiger charge is -2.14. The van der Waals surface area contributed by atoms with Crippen molar-refractivity contribution in [3.8, 4) is 17.1 Å². The van der Waals surface area contributed by atoms with Crippen LogP contribution >= 0.6 is 24.0 Å². The lowest BCUT2D eigenvalue weighted by molar-refractivity contribution is 0.415. The van der Waals surface area contributed by atoms with Gasteiger partial charge in [0, 0.05) is 31.5 Å². The van der Waals surface area contributed by atoms with Crippen LogP contribution < -0.4 is 15.4 Å². The first-order chi connectivity index (χ1) is 15.7. The van der Waals surface area contributed by atoms with Gasteiger partial charge in [0.05, 0.1) is 20.2 Å². The monoisotopic (exact) mass is 558 g/mol. The quantitative estimate of drug-likeness (QED) is 0.174. The molecule has 9 nitrogen and oxygen atoms in total. The van der Waals surface area contributed by atoms with E-state index in [1.165, 1.54) is 11.1 Å². The molecule has 0 saturated heterocycles. The fourth-order valence-electron chi connectivity index (χ4n) is 3.26. The third-order valence-electron chi connectivity index (χ3n) is 4.98. The lowest BCUT2D eigenvalue weighted by atomic mass is 10.1. The van der Waals surface area contributed by atoms with Crippen molar-refractivity contribution in [1.82, 2.24) is 35.6 Å². The molecule has 0 saturated carbocycles. The van der Waals surface area contributed by atoms with Crippen LogP contribution in [0.3, 0.4) is 0 Å². The maximum atomic E-state index is 5.19. The Morgan fingerprint density at radius 1 is 1.03 bits per heavy atom. The molecule has 3 N–H and O–H groups in total. The van der Waals surface area contributed by atoms with Gasteiger partial charge >= 0.3 is 0 Å². The standard InChI is InChI=1S/C23H26N8O.HI/c1-24-23(25-14-18-6-3-4-7-19(18)16-31-13-5-12-27-31)26-15-21-28-22(30-29-21)17-8-10-20(32-2)11-9-17;/h3-13H,14-16H2,1-2H3,(H2,24,25,26)(H,28,29,30);1H. The van der Waals surface area contributed by atoms with E-state index in [4.69, 9.17) is 4.74 Å². The second kappa shape index (κ2) is 12.0. The molecule has 2 heterocycles. The molecule has 0 fully saturated rings. The largest absolute Gasteiger partial charge is 0.497 e. The van der Waals surface area contributed by atoms with Crippen molar-refractivity contribution >= 4 is 29.9 Å². The number of H-pyrrole nitrogens is 1. The Morgan fingerprint density at radius 2 is 1.79 bits per heavy atom. The van der Waals surface area contributed by atoms with E-state index in [2.05, 4.69) is 48.0 Å². The number of ether oxygens (including phenoxy) is 1. The molecular formula is C23H27IN8O. The average Bonchev–Trinajstić information content (AvgIpc) is 3.52. The highest BCUT2D eigenvalue weighted by Crippen LogP contribution is 2.18. The van der Waals surface area contributed by atoms with Crippen molar-refractivity contribution in [3.05, 3.63) is 83.9 Å². The van der Waals surface area contributed by atoms with Crippen LogP contribution in [0.5, 0.6) is 5.75 Å². The molecule has 0 radical (unpaired) electrons. The van der Waals surface area contributed by atoms with Crippen LogP contribution in [-0.4, -0.2) is 45.1 Å². The molecule has 0 unspecified atom stereocenters. The molecule has 0 spiro atoms. The highest BCUT2D eigenvalue weighted by molar-refractivity contribution is 14.0. The zero-order chi connectivity index (χ0) is 22.2. The highest BCUT2D eigenvalue weighted by atomic mass is 127. The van der Waals surface area contributed by atoms with Crippen LogP contribution in [0.2, 0.25) is 0 Å². The number of halogens is 1. The number of hydrogen-bond donors (Lipinski definition) is 3. The number of aliphatic imine (C=N–C) groups is 1. The first kappa shape index (κ1) is 24.2. The molecule has 0 bridgehead atoms. The van der Waals surface area contributed by atoms with Gasteiger partial charge in [-0.25, -0.2) is 4.98 Å². The normalized spacial score (nSPS) is 11.0. The van der Waals surface area contributed by atoms with Gasteiger partial charge < -0.3 is 15.4 Å². The number of aromatic amines is 1. The second-order valence-corrected chi connectivity index (χ2v) is 7.09. The number of rotatable bonds is 8. The zero-order valence-corrected chi connectivity index (χ0v) is 20.9. The van der Waals surface area contributed by atoms with E-state index in [1.54, 1.807) is 20.4 Å². The molecular weight excluding hydrogens is 531 g/mol. The van der Waals surface area contributed by atoms with E-state index in [0.717, 1.165) is 23.7 Å². The summed E-state index contributed by atoms with van der Waals surface area (Å²) in [5, 5.41) is 18.2. The Bertz CT molecular complexity index is 1160. The number of methoxy groups -OCH3 is 1. The molecule has 172 valence electrons. The van der Waals surface area contributed by atoms with Crippen LogP contribution in [0.25, 0.3) is 11.4 Å². The van der Waals surface area contributed by atoms with Crippen molar-refractivity contribution in [1.29, 1.82) is 0 Å². The maximum Gasteiger partial charge on any atom is 0.191 e. The fourth-order valence-corrected chi connectivity index (χ4v) is 3.26. The predicted molar refractivity (Wildman–Crippen MR) is 139 cm³/mol. The molecule has 0 aliphatic carbocycles. The van der Waals surface area contributed by atoms with E-state index in [1.807, 2.05) is 53.3 Å². The summed E-state index contributed by atoms with van der Waals surface area (Å²) in [6, 6.07) is 17.9. The number of nitrogens with zero attached hydrogens (tertiary/aromatic N) is 5. The SMILES string of the molecule is CN=C(NCc1nc(-c2ccc(OC)cc2)n[nH]1)NCc1ccccc1Cn1cccn1.I. The summed E-state index contributed by atoms with van der Waals surface area (Å²) >= 11 is 0. The third-order valence-corrected chi connectivity index (χ3v) is 4.98. The minimum atomic E-state index is 0. The van der Waals surface area contributed by atoms with Gasteiger partial charge in [0.2, 0.25) is 0 Å². The van der Waals surface area contributed by atoms with Crippen LogP contribution in [0.4, 0.5) is 0 Å². The number of nitrogens with one attached hydrogen (secondary N) is 3. The topological polar surface area (TPSA) is 105 Å². The fraction of sp³-hybridized carbons (Fsp3) is 0.217. The Hall–Kier alpha value is -3.41. The molecule has 0 amide bonds. The summed E-state index contributed by atoms with van der Waals surface area (Å²) < 4.78 is 7.11. The number of guanidine groups is 1. The Kier molecular flexibility index (Phi) is 8.81. The first-order valence-corrected chi connectivity index (χ1v) is 10.3. The van der Waals surface area contributed by atoms with Crippen LogP contribution in [0.1, 0.15) is 17.0 Å². The Labute approximate surface area is 209 Å². The maximum absolute atomic E-state index is 5.19. The molecule has 10 heteroatoms. The minimum Gasteiger partial charge on any atom is -0.497 e. The molecule has 2 aromatic carbocycles. The van der Waals surface area contributed by atoms with Crippen LogP contribution in [-0.2, 0) is 19.6 Å². The van der Waals surface area contributed by atoms with E-state index < -0.39 is 0 Å². The molecule has 2 aromatic heterocycles. The summed E-state index contributed by atoms with van der Waals surface area (Å²) in [5.41, 5.74) is 3.32. The Morgan fingerprint density at radius 3 is 2.48 bits per heavy atom. The summed E-state index contributed by atoms with van der Waals surface area (Å²) in [7, 11) is 3.39. The van der Waals surface area contributed by atoms with E-state index >= 15 is 0 Å². The Balaban J connectivity index is 0.00000306. The van der Waals surface area contributed by atoms with Gasteiger partial charge in [-0.1, -0.05) is 24.3 Å². The number of aromatic nitrogens is 5. The van der Waals surface area contributed by atoms with Crippen LogP contribution in [0, 0.1) is 0 Å². The van der Waals surface area contributed by atoms with E-state index in [-0.39, 0.29) is 24.0 Å². The zero-order valence-electron chi connectivity index (χ0n) is 18.5. The van der Waals surface area contributed by atoms with Gasteiger partial charge in [-0.2, -0.15) is 10.2 Å². The van der Waals surface area contributed by atoms with Gasteiger partial charge in [-0.15, -0.1) is 24.0 Å². The van der Waals surface area contributed by atoms with Crippen molar-refractivity contribution in [2.45, 2.75) is 19.6 Å². The van der Waals surface area contributed by atoms with Gasteiger partial charge in [0.15, 0.2) is 11.8 Å². The van der Waals surface area contributed by atoms with Gasteiger partial charge in [0.1, 0.15) is 11.6 Å². The van der Waals surface area contributed by atoms with E-state index in [9.17, 15) is 0 Å². The van der Waals surface area contributed by atoms with Crippen LogP contribution in [0.15, 0.2) is 72.0 Å². The highest BCUT2D eigenvalue weighted by Gasteiger charge is 2.08. The number of benzene rings is 2. The van der Waals surface area contributed by atoms with Crippen molar-refractivity contribution in [3.63, 3.8) is 0 Å². The molecule has 0 atom stereocenters. The molecule has 4 aromatic rings. The van der Waals surface area contributed by atoms with Crippen molar-refractivity contribution in [2.24, 2.45) is 4.99 Å². The minimum absolute atomic E-state index is 0. The summed E-state index contributed by atoms with van der Waals surface area (Å²) in [4.78, 5) is 8.86. The molecule has 4 rings (SSSR count). The third kappa shape index (κ3) is 6.54. The first-order valence-electron chi connectivity index (χ1n) is 10.3.